The van der Waals surface area contributed by atoms with Gasteiger partial charge in [-0.05, 0) is 30.7 Å². The molecule has 0 saturated carbocycles. The zero-order valence-corrected chi connectivity index (χ0v) is 17.2. The van der Waals surface area contributed by atoms with Crippen LogP contribution in [0.5, 0.6) is 0 Å². The third kappa shape index (κ3) is 8.00. The van der Waals surface area contributed by atoms with Gasteiger partial charge in [0.1, 0.15) is 6.61 Å². The summed E-state index contributed by atoms with van der Waals surface area (Å²) in [6.45, 7) is 5.93. The predicted molar refractivity (Wildman–Crippen MR) is 108 cm³/mol. The van der Waals surface area contributed by atoms with Gasteiger partial charge in [0.25, 0.3) is 10.1 Å². The molecule has 0 radical (unpaired) electrons. The summed E-state index contributed by atoms with van der Waals surface area (Å²) in [6.07, 6.45) is 4.87. The maximum atomic E-state index is 12.5. The Morgan fingerprint density at radius 3 is 2.82 bits per heavy atom. The van der Waals surface area contributed by atoms with Crippen molar-refractivity contribution in [2.24, 2.45) is 5.92 Å². The van der Waals surface area contributed by atoms with Crippen LogP contribution in [0.2, 0.25) is 0 Å². The van der Waals surface area contributed by atoms with Crippen molar-refractivity contribution in [1.29, 1.82) is 0 Å². The lowest BCUT2D eigenvalue weighted by Gasteiger charge is -2.36. The molecule has 1 aromatic carbocycles. The lowest BCUT2D eigenvalue weighted by molar-refractivity contribution is 0.0720. The van der Waals surface area contributed by atoms with Gasteiger partial charge < -0.3 is 15.0 Å². The van der Waals surface area contributed by atoms with E-state index in [0.717, 1.165) is 24.7 Å². The summed E-state index contributed by atoms with van der Waals surface area (Å²) >= 11 is 0. The zero-order valence-electron chi connectivity index (χ0n) is 16.4. The van der Waals surface area contributed by atoms with Crippen LogP contribution in [0, 0.1) is 5.92 Å². The predicted octanol–water partition coefficient (Wildman–Crippen LogP) is 2.55. The van der Waals surface area contributed by atoms with E-state index in [1.807, 2.05) is 30.3 Å². The van der Waals surface area contributed by atoms with Crippen molar-refractivity contribution in [3.8, 4) is 0 Å². The Hall–Kier alpha value is -1.90. The van der Waals surface area contributed by atoms with Crippen molar-refractivity contribution in [3.05, 3.63) is 48.6 Å². The Morgan fingerprint density at radius 2 is 2.14 bits per heavy atom. The van der Waals surface area contributed by atoms with Crippen molar-refractivity contribution in [1.82, 2.24) is 10.2 Å². The number of ether oxygens (including phenoxy) is 1. The minimum Gasteiger partial charge on any atom is -0.445 e. The first-order valence-corrected chi connectivity index (χ1v) is 11.3. The Balaban J connectivity index is 1.89. The van der Waals surface area contributed by atoms with Crippen LogP contribution in [0.4, 0.5) is 4.79 Å². The Bertz CT molecular complexity index is 723. The van der Waals surface area contributed by atoms with E-state index in [0.29, 0.717) is 26.1 Å². The standard InChI is InChI=1S/C20H30N2O5S/c1-3-12-21-19(11-14-27-28(2,24)25)18-10-7-13-22(15-18)20(23)26-16-17-8-5-4-6-9-17/h3-6,8-9,18-19,21H,1,7,10-16H2,2H3/t18-,19?/m1/s1. The van der Waals surface area contributed by atoms with E-state index in [-0.39, 0.29) is 31.3 Å². The highest BCUT2D eigenvalue weighted by molar-refractivity contribution is 7.85. The Kier molecular flexibility index (Phi) is 8.95. The monoisotopic (exact) mass is 410 g/mol. The van der Waals surface area contributed by atoms with Crippen LogP contribution in [-0.4, -0.2) is 57.9 Å². The maximum absolute atomic E-state index is 12.5. The van der Waals surface area contributed by atoms with Gasteiger partial charge in [-0.2, -0.15) is 8.42 Å². The maximum Gasteiger partial charge on any atom is 0.410 e. The second-order valence-electron chi connectivity index (χ2n) is 7.01. The minimum absolute atomic E-state index is 0.0319. The number of nitrogens with zero attached hydrogens (tertiary/aromatic N) is 1. The average molecular weight is 411 g/mol. The average Bonchev–Trinajstić information content (AvgIpc) is 2.68. The molecule has 1 aliphatic heterocycles. The van der Waals surface area contributed by atoms with E-state index in [1.54, 1.807) is 11.0 Å². The summed E-state index contributed by atoms with van der Waals surface area (Å²) in [4.78, 5) is 14.2. The summed E-state index contributed by atoms with van der Waals surface area (Å²) in [6, 6.07) is 9.62. The molecule has 1 fully saturated rings. The molecule has 156 valence electrons. The number of carbonyl (C=O) groups excluding carboxylic acids is 1. The molecule has 8 heteroatoms. The number of benzene rings is 1. The fourth-order valence-corrected chi connectivity index (χ4v) is 3.78. The zero-order chi connectivity index (χ0) is 20.4. The smallest absolute Gasteiger partial charge is 0.410 e. The van der Waals surface area contributed by atoms with E-state index >= 15 is 0 Å². The van der Waals surface area contributed by atoms with Gasteiger partial charge in [-0.3, -0.25) is 4.18 Å². The topological polar surface area (TPSA) is 84.9 Å². The van der Waals surface area contributed by atoms with Gasteiger partial charge in [-0.15, -0.1) is 6.58 Å². The first-order valence-electron chi connectivity index (χ1n) is 9.53. The van der Waals surface area contributed by atoms with Crippen LogP contribution in [0.25, 0.3) is 0 Å². The largest absolute Gasteiger partial charge is 0.445 e. The Labute approximate surface area is 167 Å². The number of hydrogen-bond donors (Lipinski definition) is 1. The third-order valence-electron chi connectivity index (χ3n) is 4.74. The van der Waals surface area contributed by atoms with Crippen molar-refractivity contribution < 1.29 is 22.1 Å². The molecule has 2 rings (SSSR count). The molecule has 1 heterocycles. The summed E-state index contributed by atoms with van der Waals surface area (Å²) < 4.78 is 32.8. The molecule has 1 amide bonds. The molecule has 0 aromatic heterocycles. The second-order valence-corrected chi connectivity index (χ2v) is 8.65. The van der Waals surface area contributed by atoms with E-state index in [2.05, 4.69) is 11.9 Å². The van der Waals surface area contributed by atoms with Crippen LogP contribution in [0.1, 0.15) is 24.8 Å². The quantitative estimate of drug-likeness (QED) is 0.471. The molecule has 1 saturated heterocycles. The molecule has 1 aromatic rings. The van der Waals surface area contributed by atoms with Crippen LogP contribution < -0.4 is 5.32 Å². The van der Waals surface area contributed by atoms with Gasteiger partial charge in [0, 0.05) is 25.7 Å². The number of piperidine rings is 1. The first kappa shape index (κ1) is 22.4. The summed E-state index contributed by atoms with van der Waals surface area (Å²) in [5.41, 5.74) is 0.952. The SMILES string of the molecule is C=CCNC(CCOS(C)(=O)=O)[C@@H]1CCCN(C(=O)OCc2ccccc2)C1. The summed E-state index contributed by atoms with van der Waals surface area (Å²) in [7, 11) is -3.46. The molecule has 0 aliphatic carbocycles. The Morgan fingerprint density at radius 1 is 1.39 bits per heavy atom. The van der Waals surface area contributed by atoms with E-state index in [9.17, 15) is 13.2 Å². The molecule has 0 spiro atoms. The number of nitrogens with one attached hydrogen (secondary N) is 1. The van der Waals surface area contributed by atoms with Gasteiger partial charge in [-0.1, -0.05) is 36.4 Å². The summed E-state index contributed by atoms with van der Waals surface area (Å²) in [5, 5.41) is 3.37. The number of amides is 1. The molecule has 1 aliphatic rings. The molecule has 2 atom stereocenters. The van der Waals surface area contributed by atoms with Gasteiger partial charge in [-0.25, -0.2) is 4.79 Å². The second kappa shape index (κ2) is 11.2. The molecular weight excluding hydrogens is 380 g/mol. The molecule has 0 bridgehead atoms. The van der Waals surface area contributed by atoms with Gasteiger partial charge >= 0.3 is 6.09 Å². The van der Waals surface area contributed by atoms with Crippen LogP contribution in [0.15, 0.2) is 43.0 Å². The number of likely N-dealkylation sites (tertiary alicyclic amines) is 1. The number of hydrogen-bond acceptors (Lipinski definition) is 6. The van der Waals surface area contributed by atoms with Gasteiger partial charge in [0.05, 0.1) is 12.9 Å². The van der Waals surface area contributed by atoms with Crippen molar-refractivity contribution in [2.45, 2.75) is 31.9 Å². The first-order chi connectivity index (χ1) is 13.4. The lowest BCUT2D eigenvalue weighted by atomic mass is 9.89. The molecule has 28 heavy (non-hydrogen) atoms. The molecule has 1 unspecified atom stereocenters. The number of carbonyl (C=O) groups is 1. The van der Waals surface area contributed by atoms with Crippen LogP contribution >= 0.6 is 0 Å². The highest BCUT2D eigenvalue weighted by Gasteiger charge is 2.30. The van der Waals surface area contributed by atoms with E-state index in [4.69, 9.17) is 8.92 Å². The fourth-order valence-electron chi connectivity index (χ4n) is 3.38. The van der Waals surface area contributed by atoms with E-state index in [1.165, 1.54) is 0 Å². The number of rotatable bonds is 10. The van der Waals surface area contributed by atoms with Crippen LogP contribution in [0.3, 0.4) is 0 Å². The van der Waals surface area contributed by atoms with Gasteiger partial charge in [0.15, 0.2) is 0 Å². The van der Waals surface area contributed by atoms with Crippen molar-refractivity contribution in [3.63, 3.8) is 0 Å². The fraction of sp³-hybridized carbons (Fsp3) is 0.550. The summed E-state index contributed by atoms with van der Waals surface area (Å²) in [5.74, 6) is 0.195. The minimum atomic E-state index is -3.46. The van der Waals surface area contributed by atoms with Crippen molar-refractivity contribution in [2.75, 3.05) is 32.5 Å². The van der Waals surface area contributed by atoms with Crippen molar-refractivity contribution >= 4 is 16.2 Å². The van der Waals surface area contributed by atoms with E-state index < -0.39 is 10.1 Å². The highest BCUT2D eigenvalue weighted by Crippen LogP contribution is 2.23. The molecule has 1 N–H and O–H groups in total. The lowest BCUT2D eigenvalue weighted by Crippen LogP contribution is -2.48. The highest BCUT2D eigenvalue weighted by atomic mass is 32.2. The molecule has 7 nitrogen and oxygen atoms in total. The normalized spacial score (nSPS) is 18.5. The van der Waals surface area contributed by atoms with Crippen LogP contribution in [-0.2, 0) is 25.6 Å². The molecular formula is C20H30N2O5S. The van der Waals surface area contributed by atoms with Gasteiger partial charge in [0.2, 0.25) is 0 Å². The third-order valence-corrected chi connectivity index (χ3v) is 5.34.